The Labute approximate surface area is 125 Å². The van der Waals surface area contributed by atoms with Gasteiger partial charge in [0.25, 0.3) is 0 Å². The van der Waals surface area contributed by atoms with E-state index in [9.17, 15) is 4.79 Å². The summed E-state index contributed by atoms with van der Waals surface area (Å²) < 4.78 is 5.45. The highest BCUT2D eigenvalue weighted by Crippen LogP contribution is 2.44. The zero-order valence-corrected chi connectivity index (χ0v) is 11.6. The number of oxime groups is 1. The third-order valence-corrected chi connectivity index (χ3v) is 3.91. The van der Waals surface area contributed by atoms with Crippen LogP contribution in [0.15, 0.2) is 53.7 Å². The van der Waals surface area contributed by atoms with E-state index in [-0.39, 0.29) is 5.97 Å². The van der Waals surface area contributed by atoms with Crippen LogP contribution in [-0.4, -0.2) is 11.7 Å². The molecule has 104 valence electrons. The highest BCUT2D eigenvalue weighted by Gasteiger charge is 2.52. The van der Waals surface area contributed by atoms with Crippen LogP contribution in [0.25, 0.3) is 0 Å². The molecule has 0 amide bonds. The van der Waals surface area contributed by atoms with Gasteiger partial charge in [-0.05, 0) is 18.2 Å². The molecule has 0 bridgehead atoms. The molecule has 4 nitrogen and oxygen atoms in total. The van der Waals surface area contributed by atoms with E-state index in [1.165, 1.54) is 0 Å². The fourth-order valence-electron chi connectivity index (χ4n) is 2.69. The third-order valence-electron chi connectivity index (χ3n) is 3.68. The van der Waals surface area contributed by atoms with Crippen molar-refractivity contribution in [2.45, 2.75) is 12.2 Å². The molecule has 2 aliphatic heterocycles. The van der Waals surface area contributed by atoms with Gasteiger partial charge in [0.15, 0.2) is 0 Å². The highest BCUT2D eigenvalue weighted by atomic mass is 35.5. The zero-order valence-electron chi connectivity index (χ0n) is 10.9. The second kappa shape index (κ2) is 4.33. The monoisotopic (exact) mass is 299 g/mol. The third kappa shape index (κ3) is 1.83. The number of esters is 1. The van der Waals surface area contributed by atoms with E-state index in [1.807, 2.05) is 30.3 Å². The van der Waals surface area contributed by atoms with Crippen LogP contribution in [0, 0.1) is 0 Å². The minimum absolute atomic E-state index is 0.371. The number of halogens is 1. The van der Waals surface area contributed by atoms with Gasteiger partial charge < -0.3 is 9.57 Å². The number of nitrogens with zero attached hydrogens (tertiary/aromatic N) is 1. The number of hydrogen-bond donors (Lipinski definition) is 0. The lowest BCUT2D eigenvalue weighted by atomic mass is 9.96. The van der Waals surface area contributed by atoms with Crippen molar-refractivity contribution >= 4 is 23.3 Å². The van der Waals surface area contributed by atoms with Crippen LogP contribution in [0.4, 0.5) is 0 Å². The molecule has 2 aromatic carbocycles. The average Bonchev–Trinajstić information content (AvgIpc) is 3.03. The molecule has 0 aromatic heterocycles. The van der Waals surface area contributed by atoms with Crippen LogP contribution in [-0.2, 0) is 15.4 Å². The van der Waals surface area contributed by atoms with Crippen molar-refractivity contribution in [2.75, 3.05) is 0 Å². The second-order valence-electron chi connectivity index (χ2n) is 5.00. The topological polar surface area (TPSA) is 47.9 Å². The van der Waals surface area contributed by atoms with Crippen molar-refractivity contribution in [1.82, 2.24) is 0 Å². The van der Waals surface area contributed by atoms with Crippen LogP contribution in [0.1, 0.15) is 27.9 Å². The zero-order chi connectivity index (χ0) is 14.4. The summed E-state index contributed by atoms with van der Waals surface area (Å²) >= 11 is 6.00. The molecule has 0 aliphatic carbocycles. The number of carbonyl (C=O) groups is 1. The maximum atomic E-state index is 11.9. The summed E-state index contributed by atoms with van der Waals surface area (Å²) in [6, 6.07) is 14.6. The van der Waals surface area contributed by atoms with Crippen molar-refractivity contribution in [1.29, 1.82) is 0 Å². The molecule has 0 fully saturated rings. The van der Waals surface area contributed by atoms with Gasteiger partial charge in [-0.3, -0.25) is 0 Å². The molecular formula is C16H10ClNO3. The van der Waals surface area contributed by atoms with Crippen LogP contribution in [0.3, 0.4) is 0 Å². The standard InChI is InChI=1S/C16H10ClNO3/c17-11-5-3-4-10(8-11)14-9-16(21-18-14)13-7-2-1-6-12(13)15(19)20-16/h1-8H,9H2. The summed E-state index contributed by atoms with van der Waals surface area (Å²) in [5, 5.41) is 4.72. The predicted octanol–water partition coefficient (Wildman–Crippen LogP) is 3.49. The van der Waals surface area contributed by atoms with Crippen LogP contribution in [0.5, 0.6) is 0 Å². The molecule has 1 unspecified atom stereocenters. The van der Waals surface area contributed by atoms with Gasteiger partial charge in [-0.25, -0.2) is 4.79 Å². The first-order valence-corrected chi connectivity index (χ1v) is 6.90. The Morgan fingerprint density at radius 2 is 2.00 bits per heavy atom. The Bertz CT molecular complexity index is 787. The minimum Gasteiger partial charge on any atom is -0.412 e. The fraction of sp³-hybridized carbons (Fsp3) is 0.125. The molecule has 0 radical (unpaired) electrons. The summed E-state index contributed by atoms with van der Waals surface area (Å²) in [5.74, 6) is -1.51. The maximum Gasteiger partial charge on any atom is 0.342 e. The van der Waals surface area contributed by atoms with E-state index >= 15 is 0 Å². The molecule has 5 heteroatoms. The Morgan fingerprint density at radius 1 is 1.14 bits per heavy atom. The Morgan fingerprint density at radius 3 is 2.86 bits per heavy atom. The Kier molecular flexibility index (Phi) is 2.56. The first-order valence-electron chi connectivity index (χ1n) is 6.52. The molecular weight excluding hydrogens is 290 g/mol. The van der Waals surface area contributed by atoms with E-state index in [2.05, 4.69) is 5.16 Å². The first kappa shape index (κ1) is 12.4. The van der Waals surface area contributed by atoms with Crippen LogP contribution >= 0.6 is 11.6 Å². The molecule has 1 atom stereocenters. The lowest BCUT2D eigenvalue weighted by Gasteiger charge is -2.19. The summed E-state index contributed by atoms with van der Waals surface area (Å²) in [6.07, 6.45) is 0.371. The summed E-state index contributed by atoms with van der Waals surface area (Å²) in [6.45, 7) is 0. The van der Waals surface area contributed by atoms with E-state index in [1.54, 1.807) is 18.2 Å². The van der Waals surface area contributed by atoms with Gasteiger partial charge in [-0.1, -0.05) is 47.1 Å². The predicted molar refractivity (Wildman–Crippen MR) is 77.2 cm³/mol. The van der Waals surface area contributed by atoms with Crippen molar-refractivity contribution in [3.05, 3.63) is 70.2 Å². The van der Waals surface area contributed by atoms with Crippen molar-refractivity contribution in [3.63, 3.8) is 0 Å². The summed E-state index contributed by atoms with van der Waals surface area (Å²) in [5.41, 5.74) is 2.82. The first-order chi connectivity index (χ1) is 10.2. The van der Waals surface area contributed by atoms with Gasteiger partial charge in [0.05, 0.1) is 23.3 Å². The second-order valence-corrected chi connectivity index (χ2v) is 5.44. The van der Waals surface area contributed by atoms with Gasteiger partial charge in [0.1, 0.15) is 0 Å². The van der Waals surface area contributed by atoms with Gasteiger partial charge in [0, 0.05) is 10.6 Å². The number of carbonyl (C=O) groups excluding carboxylic acids is 1. The van der Waals surface area contributed by atoms with Crippen LogP contribution in [0.2, 0.25) is 5.02 Å². The normalized spacial score (nSPS) is 22.7. The molecule has 0 saturated heterocycles. The lowest BCUT2D eigenvalue weighted by molar-refractivity contribution is -0.186. The molecule has 21 heavy (non-hydrogen) atoms. The van der Waals surface area contributed by atoms with Crippen molar-refractivity contribution < 1.29 is 14.4 Å². The van der Waals surface area contributed by atoms with E-state index in [0.29, 0.717) is 22.7 Å². The summed E-state index contributed by atoms with van der Waals surface area (Å²) in [7, 11) is 0. The Hall–Kier alpha value is -2.33. The number of ether oxygens (including phenoxy) is 1. The Balaban J connectivity index is 1.71. The van der Waals surface area contributed by atoms with Gasteiger partial charge in [0.2, 0.25) is 0 Å². The number of rotatable bonds is 1. The minimum atomic E-state index is -1.13. The highest BCUT2D eigenvalue weighted by molar-refractivity contribution is 6.31. The molecule has 2 aromatic rings. The molecule has 0 saturated carbocycles. The van der Waals surface area contributed by atoms with E-state index < -0.39 is 5.79 Å². The fourth-order valence-corrected chi connectivity index (χ4v) is 2.88. The quantitative estimate of drug-likeness (QED) is 0.757. The SMILES string of the molecule is O=C1OC2(CC(c3cccc(Cl)c3)=NO2)c2ccccc21. The van der Waals surface area contributed by atoms with E-state index in [4.69, 9.17) is 21.2 Å². The molecule has 0 N–H and O–H groups in total. The van der Waals surface area contributed by atoms with Crippen LogP contribution < -0.4 is 0 Å². The summed E-state index contributed by atoms with van der Waals surface area (Å²) in [4.78, 5) is 17.5. The van der Waals surface area contributed by atoms with Gasteiger partial charge >= 0.3 is 11.8 Å². The molecule has 2 aliphatic rings. The molecule has 2 heterocycles. The lowest BCUT2D eigenvalue weighted by Crippen LogP contribution is -2.26. The molecule has 1 spiro atoms. The largest absolute Gasteiger partial charge is 0.412 e. The number of benzene rings is 2. The van der Waals surface area contributed by atoms with E-state index in [0.717, 1.165) is 11.1 Å². The van der Waals surface area contributed by atoms with Gasteiger partial charge in [-0.15, -0.1) is 0 Å². The van der Waals surface area contributed by atoms with Gasteiger partial charge in [-0.2, -0.15) is 0 Å². The van der Waals surface area contributed by atoms with Crippen molar-refractivity contribution in [2.24, 2.45) is 5.16 Å². The molecule has 4 rings (SSSR count). The number of hydrogen-bond acceptors (Lipinski definition) is 4. The number of fused-ring (bicyclic) bond motifs is 2. The van der Waals surface area contributed by atoms with Crippen molar-refractivity contribution in [3.8, 4) is 0 Å². The maximum absolute atomic E-state index is 11.9. The average molecular weight is 300 g/mol. The smallest absolute Gasteiger partial charge is 0.342 e.